The molecule has 0 bridgehead atoms. The standard InChI is InChI=1S/C10H13FN2O/c11-9-2-1-3-12-10(9)8-13-4-6-14-7-5-13/h1-3H,4-8H2. The van der Waals surface area contributed by atoms with Crippen molar-refractivity contribution in [1.82, 2.24) is 9.88 Å². The zero-order valence-corrected chi connectivity index (χ0v) is 7.95. The molecule has 0 aromatic carbocycles. The molecule has 0 radical (unpaired) electrons. The average molecular weight is 196 g/mol. The lowest BCUT2D eigenvalue weighted by Gasteiger charge is -2.26. The van der Waals surface area contributed by atoms with E-state index in [2.05, 4.69) is 9.88 Å². The number of rotatable bonds is 2. The lowest BCUT2D eigenvalue weighted by Crippen LogP contribution is -2.36. The van der Waals surface area contributed by atoms with E-state index >= 15 is 0 Å². The van der Waals surface area contributed by atoms with E-state index in [0.717, 1.165) is 26.3 Å². The van der Waals surface area contributed by atoms with E-state index in [9.17, 15) is 4.39 Å². The van der Waals surface area contributed by atoms with Crippen LogP contribution in [0.25, 0.3) is 0 Å². The second kappa shape index (κ2) is 4.48. The zero-order valence-electron chi connectivity index (χ0n) is 7.95. The van der Waals surface area contributed by atoms with Crippen LogP contribution in [0.3, 0.4) is 0 Å². The van der Waals surface area contributed by atoms with Crippen molar-refractivity contribution in [2.45, 2.75) is 6.54 Å². The monoisotopic (exact) mass is 196 g/mol. The van der Waals surface area contributed by atoms with E-state index in [1.54, 1.807) is 12.3 Å². The topological polar surface area (TPSA) is 25.4 Å². The van der Waals surface area contributed by atoms with Gasteiger partial charge in [-0.1, -0.05) is 0 Å². The van der Waals surface area contributed by atoms with Gasteiger partial charge in [-0.25, -0.2) is 4.39 Å². The van der Waals surface area contributed by atoms with E-state index in [1.165, 1.54) is 6.07 Å². The molecule has 1 aliphatic heterocycles. The molecule has 1 aromatic heterocycles. The van der Waals surface area contributed by atoms with Gasteiger partial charge in [0.2, 0.25) is 0 Å². The zero-order chi connectivity index (χ0) is 9.80. The van der Waals surface area contributed by atoms with Crippen LogP contribution in [-0.4, -0.2) is 36.2 Å². The fourth-order valence-corrected chi connectivity index (χ4v) is 1.51. The summed E-state index contributed by atoms with van der Waals surface area (Å²) in [6.07, 6.45) is 1.62. The Morgan fingerprint density at radius 2 is 2.21 bits per heavy atom. The van der Waals surface area contributed by atoms with Crippen LogP contribution in [0, 0.1) is 5.82 Å². The summed E-state index contributed by atoms with van der Waals surface area (Å²) in [5.74, 6) is -0.223. The van der Waals surface area contributed by atoms with Crippen molar-refractivity contribution in [3.05, 3.63) is 29.8 Å². The number of morpholine rings is 1. The largest absolute Gasteiger partial charge is 0.379 e. The van der Waals surface area contributed by atoms with E-state index in [-0.39, 0.29) is 5.82 Å². The molecule has 0 aliphatic carbocycles. The highest BCUT2D eigenvalue weighted by Crippen LogP contribution is 2.07. The van der Waals surface area contributed by atoms with E-state index in [4.69, 9.17) is 4.74 Å². The van der Waals surface area contributed by atoms with Gasteiger partial charge in [0.05, 0.1) is 18.9 Å². The van der Waals surface area contributed by atoms with Crippen molar-refractivity contribution in [1.29, 1.82) is 0 Å². The third kappa shape index (κ3) is 2.27. The summed E-state index contributed by atoms with van der Waals surface area (Å²) in [6, 6.07) is 3.06. The summed E-state index contributed by atoms with van der Waals surface area (Å²) in [5.41, 5.74) is 0.523. The molecule has 1 saturated heterocycles. The van der Waals surface area contributed by atoms with Crippen molar-refractivity contribution >= 4 is 0 Å². The predicted octanol–water partition coefficient (Wildman–Crippen LogP) is 1.05. The molecule has 0 unspecified atom stereocenters. The van der Waals surface area contributed by atoms with Crippen LogP contribution in [0.1, 0.15) is 5.69 Å². The first-order chi connectivity index (χ1) is 6.86. The van der Waals surface area contributed by atoms with Crippen LogP contribution in [0.4, 0.5) is 4.39 Å². The summed E-state index contributed by atoms with van der Waals surface area (Å²) in [6.45, 7) is 3.75. The molecule has 0 saturated carbocycles. The first kappa shape index (κ1) is 9.55. The average Bonchev–Trinajstić information content (AvgIpc) is 2.23. The number of hydrogen-bond acceptors (Lipinski definition) is 3. The van der Waals surface area contributed by atoms with Crippen molar-refractivity contribution < 1.29 is 9.13 Å². The minimum atomic E-state index is -0.223. The number of nitrogens with zero attached hydrogens (tertiary/aromatic N) is 2. The van der Waals surface area contributed by atoms with Crippen molar-refractivity contribution in [3.8, 4) is 0 Å². The van der Waals surface area contributed by atoms with Gasteiger partial charge < -0.3 is 4.74 Å². The molecule has 2 rings (SSSR count). The number of halogens is 1. The summed E-state index contributed by atoms with van der Waals surface area (Å²) < 4.78 is 18.4. The highest BCUT2D eigenvalue weighted by atomic mass is 19.1. The lowest BCUT2D eigenvalue weighted by molar-refractivity contribution is 0.0331. The van der Waals surface area contributed by atoms with Crippen LogP contribution in [0.5, 0.6) is 0 Å². The quantitative estimate of drug-likeness (QED) is 0.707. The minimum Gasteiger partial charge on any atom is -0.379 e. The molecular weight excluding hydrogens is 183 g/mol. The molecular formula is C10H13FN2O. The molecule has 76 valence electrons. The number of ether oxygens (including phenoxy) is 1. The maximum Gasteiger partial charge on any atom is 0.146 e. The number of hydrogen-bond donors (Lipinski definition) is 0. The lowest BCUT2D eigenvalue weighted by atomic mass is 10.3. The SMILES string of the molecule is Fc1cccnc1CN1CCOCC1. The van der Waals surface area contributed by atoms with Crippen LogP contribution < -0.4 is 0 Å². The van der Waals surface area contributed by atoms with Crippen LogP contribution in [0.15, 0.2) is 18.3 Å². The fourth-order valence-electron chi connectivity index (χ4n) is 1.51. The molecule has 0 N–H and O–H groups in total. The Morgan fingerprint density at radius 3 is 2.93 bits per heavy atom. The van der Waals surface area contributed by atoms with Crippen molar-refractivity contribution in [2.75, 3.05) is 26.3 Å². The summed E-state index contributed by atoms with van der Waals surface area (Å²) in [7, 11) is 0. The molecule has 1 fully saturated rings. The minimum absolute atomic E-state index is 0.223. The van der Waals surface area contributed by atoms with Gasteiger partial charge in [0, 0.05) is 25.8 Å². The summed E-state index contributed by atoms with van der Waals surface area (Å²) in [4.78, 5) is 6.16. The number of aromatic nitrogens is 1. The first-order valence-corrected chi connectivity index (χ1v) is 4.76. The first-order valence-electron chi connectivity index (χ1n) is 4.76. The van der Waals surface area contributed by atoms with Crippen LogP contribution >= 0.6 is 0 Å². The van der Waals surface area contributed by atoms with E-state index < -0.39 is 0 Å². The molecule has 1 aromatic rings. The van der Waals surface area contributed by atoms with Gasteiger partial charge >= 0.3 is 0 Å². The molecule has 0 amide bonds. The Morgan fingerprint density at radius 1 is 1.43 bits per heavy atom. The number of pyridine rings is 1. The van der Waals surface area contributed by atoms with Crippen LogP contribution in [0.2, 0.25) is 0 Å². The molecule has 3 nitrogen and oxygen atoms in total. The third-order valence-electron chi connectivity index (χ3n) is 2.31. The Labute approximate surface area is 82.5 Å². The normalized spacial score (nSPS) is 18.4. The van der Waals surface area contributed by atoms with Crippen LogP contribution in [-0.2, 0) is 11.3 Å². The smallest absolute Gasteiger partial charge is 0.146 e. The Hall–Kier alpha value is -1.00. The van der Waals surface area contributed by atoms with Gasteiger partial charge in [-0.3, -0.25) is 9.88 Å². The van der Waals surface area contributed by atoms with E-state index in [0.29, 0.717) is 12.2 Å². The van der Waals surface area contributed by atoms with Gasteiger partial charge in [0.15, 0.2) is 0 Å². The molecule has 14 heavy (non-hydrogen) atoms. The van der Waals surface area contributed by atoms with Gasteiger partial charge in [0.25, 0.3) is 0 Å². The molecule has 1 aliphatic rings. The fraction of sp³-hybridized carbons (Fsp3) is 0.500. The van der Waals surface area contributed by atoms with E-state index in [1.807, 2.05) is 0 Å². The molecule has 4 heteroatoms. The van der Waals surface area contributed by atoms with Gasteiger partial charge in [-0.2, -0.15) is 0 Å². The second-order valence-electron chi connectivity index (χ2n) is 3.32. The molecule has 2 heterocycles. The molecule has 0 spiro atoms. The Kier molecular flexibility index (Phi) is 3.06. The Bertz CT molecular complexity index is 300. The predicted molar refractivity (Wildman–Crippen MR) is 50.3 cm³/mol. The summed E-state index contributed by atoms with van der Waals surface area (Å²) in [5, 5.41) is 0. The van der Waals surface area contributed by atoms with Crippen molar-refractivity contribution in [3.63, 3.8) is 0 Å². The second-order valence-corrected chi connectivity index (χ2v) is 3.32. The van der Waals surface area contributed by atoms with Gasteiger partial charge in [-0.05, 0) is 12.1 Å². The van der Waals surface area contributed by atoms with Gasteiger partial charge in [-0.15, -0.1) is 0 Å². The Balaban J connectivity index is 1.99. The van der Waals surface area contributed by atoms with Crippen molar-refractivity contribution in [2.24, 2.45) is 0 Å². The summed E-state index contributed by atoms with van der Waals surface area (Å²) >= 11 is 0. The van der Waals surface area contributed by atoms with Gasteiger partial charge in [0.1, 0.15) is 5.82 Å². The maximum atomic E-state index is 13.2. The highest BCUT2D eigenvalue weighted by molar-refractivity contribution is 5.06. The third-order valence-corrected chi connectivity index (χ3v) is 2.31. The maximum absolute atomic E-state index is 13.2. The highest BCUT2D eigenvalue weighted by Gasteiger charge is 2.13. The molecule has 0 atom stereocenters.